The molecule has 0 amide bonds. The molecule has 0 heterocycles. The summed E-state index contributed by atoms with van der Waals surface area (Å²) in [7, 11) is 0. The van der Waals surface area contributed by atoms with Gasteiger partial charge in [0.05, 0.1) is 17.1 Å². The maximum Gasteiger partial charge on any atom is 0.0851 e. The smallest absolute Gasteiger partial charge is 0.0851 e. The van der Waals surface area contributed by atoms with Crippen LogP contribution in [0.3, 0.4) is 0 Å². The van der Waals surface area contributed by atoms with Gasteiger partial charge in [-0.05, 0) is 39.0 Å². The van der Waals surface area contributed by atoms with E-state index in [1.165, 1.54) is 0 Å². The number of rotatable bonds is 5. The van der Waals surface area contributed by atoms with E-state index >= 15 is 0 Å². The molecule has 0 aromatic carbocycles. The summed E-state index contributed by atoms with van der Waals surface area (Å²) in [5.41, 5.74) is 8.83. The van der Waals surface area contributed by atoms with E-state index in [1.54, 1.807) is 25.2 Å². The summed E-state index contributed by atoms with van der Waals surface area (Å²) in [5, 5.41) is 11.2. The Labute approximate surface area is 90.3 Å². The van der Waals surface area contributed by atoms with Crippen molar-refractivity contribution in [3.05, 3.63) is 48.0 Å². The summed E-state index contributed by atoms with van der Waals surface area (Å²) in [6.07, 6.45) is 6.87. The van der Waals surface area contributed by atoms with Gasteiger partial charge in [-0.15, -0.1) is 0 Å². The van der Waals surface area contributed by atoms with E-state index < -0.39 is 0 Å². The van der Waals surface area contributed by atoms with E-state index in [0.29, 0.717) is 11.4 Å². The average Bonchev–Trinajstić information content (AvgIpc) is 2.28. The van der Waals surface area contributed by atoms with E-state index in [0.717, 1.165) is 5.70 Å². The Morgan fingerprint density at radius 3 is 2.27 bits per heavy atom. The van der Waals surface area contributed by atoms with E-state index in [2.05, 4.69) is 21.9 Å². The largest absolute Gasteiger partial charge is 0.205 e. The van der Waals surface area contributed by atoms with E-state index in [4.69, 9.17) is 5.53 Å². The maximum atomic E-state index is 6.75. The lowest BCUT2D eigenvalue weighted by molar-refractivity contribution is 1.05. The zero-order chi connectivity index (χ0) is 11.7. The normalized spacial score (nSPS) is 14.5. The minimum Gasteiger partial charge on any atom is -0.205 e. The fraction of sp³-hybridized carbons (Fsp3) is 0.273. The van der Waals surface area contributed by atoms with Crippen molar-refractivity contribution in [1.29, 1.82) is 5.53 Å². The summed E-state index contributed by atoms with van der Waals surface area (Å²) in [4.78, 5) is 0. The lowest BCUT2D eigenvalue weighted by atomic mass is 10.3. The molecule has 0 bridgehead atoms. The van der Waals surface area contributed by atoms with Crippen LogP contribution in [0.5, 0.6) is 0 Å². The fourth-order valence-electron chi connectivity index (χ4n) is 0.580. The second-order valence-corrected chi connectivity index (χ2v) is 2.85. The van der Waals surface area contributed by atoms with Crippen molar-refractivity contribution < 1.29 is 0 Å². The molecule has 0 fully saturated rings. The molecule has 0 saturated carbocycles. The van der Waals surface area contributed by atoms with E-state index in [9.17, 15) is 0 Å². The Bertz CT molecular complexity index is 346. The summed E-state index contributed by atoms with van der Waals surface area (Å²) in [6.45, 7) is 9.12. The molecule has 4 nitrogen and oxygen atoms in total. The Morgan fingerprint density at radius 1 is 1.13 bits per heavy atom. The molecule has 0 rings (SSSR count). The number of allylic oxidation sites excluding steroid dienone is 6. The highest BCUT2D eigenvalue weighted by molar-refractivity contribution is 5.22. The van der Waals surface area contributed by atoms with Crippen LogP contribution in [0.2, 0.25) is 0 Å². The summed E-state index contributed by atoms with van der Waals surface area (Å²) in [6, 6.07) is 0. The Morgan fingerprint density at radius 2 is 1.80 bits per heavy atom. The Hall–Kier alpha value is -1.84. The van der Waals surface area contributed by atoms with Gasteiger partial charge in [0, 0.05) is 0 Å². The number of nitrogens with one attached hydrogen (secondary N) is 1. The van der Waals surface area contributed by atoms with Crippen LogP contribution in [-0.4, -0.2) is 0 Å². The molecule has 0 aliphatic heterocycles. The van der Waals surface area contributed by atoms with Crippen molar-refractivity contribution in [2.45, 2.75) is 20.8 Å². The van der Waals surface area contributed by atoms with Crippen LogP contribution in [0.1, 0.15) is 20.8 Å². The zero-order valence-corrected chi connectivity index (χ0v) is 9.36. The minimum absolute atomic E-state index is 0.604. The second kappa shape index (κ2) is 7.55. The Kier molecular flexibility index (Phi) is 6.63. The van der Waals surface area contributed by atoms with Crippen molar-refractivity contribution in [3.8, 4) is 0 Å². The second-order valence-electron chi connectivity index (χ2n) is 2.85. The first kappa shape index (κ1) is 13.2. The van der Waals surface area contributed by atoms with Crippen LogP contribution in [0.25, 0.3) is 0 Å². The SMILES string of the molecule is C=C/C(=C\C=C(/C)N=N)N=N/C(C)=C/C. The predicted octanol–water partition coefficient (Wildman–Crippen LogP) is 4.37. The van der Waals surface area contributed by atoms with Gasteiger partial charge in [0.1, 0.15) is 0 Å². The lowest BCUT2D eigenvalue weighted by Crippen LogP contribution is -1.72. The van der Waals surface area contributed by atoms with Crippen molar-refractivity contribution >= 4 is 0 Å². The first-order chi connectivity index (χ1) is 7.13. The molecule has 0 unspecified atom stereocenters. The van der Waals surface area contributed by atoms with Crippen LogP contribution in [-0.2, 0) is 0 Å². The van der Waals surface area contributed by atoms with Gasteiger partial charge >= 0.3 is 0 Å². The fourth-order valence-corrected chi connectivity index (χ4v) is 0.580. The molecule has 1 N–H and O–H groups in total. The number of hydrogen-bond acceptors (Lipinski definition) is 4. The molecular formula is C11H16N4. The molecule has 15 heavy (non-hydrogen) atoms. The summed E-state index contributed by atoms with van der Waals surface area (Å²) in [5.74, 6) is 0. The van der Waals surface area contributed by atoms with Crippen LogP contribution in [0.15, 0.2) is 63.3 Å². The third-order valence-corrected chi connectivity index (χ3v) is 1.62. The molecule has 0 radical (unpaired) electrons. The molecule has 4 heteroatoms. The van der Waals surface area contributed by atoms with Crippen molar-refractivity contribution in [1.82, 2.24) is 0 Å². The molecule has 0 aliphatic carbocycles. The Balaban J connectivity index is 4.71. The van der Waals surface area contributed by atoms with E-state index in [1.807, 2.05) is 19.9 Å². The topological polar surface area (TPSA) is 60.9 Å². The first-order valence-electron chi connectivity index (χ1n) is 4.57. The highest BCUT2D eigenvalue weighted by atomic mass is 15.1. The minimum atomic E-state index is 0.604. The van der Waals surface area contributed by atoms with Crippen LogP contribution in [0, 0.1) is 5.53 Å². The predicted molar refractivity (Wildman–Crippen MR) is 61.5 cm³/mol. The van der Waals surface area contributed by atoms with Crippen LogP contribution >= 0.6 is 0 Å². The molecule has 0 atom stereocenters. The standard InChI is InChI=1S/C11H16N4/c1-5-9(3)14-15-11(6-2)8-7-10(4)13-12/h5-8,12H,2H2,1,3-4H3/b9-5+,10-7+,11-8+,13-12?,15-14?. The van der Waals surface area contributed by atoms with Crippen molar-refractivity contribution in [3.63, 3.8) is 0 Å². The summed E-state index contributed by atoms with van der Waals surface area (Å²) >= 11 is 0. The first-order valence-corrected chi connectivity index (χ1v) is 4.57. The molecule has 0 aromatic heterocycles. The summed E-state index contributed by atoms with van der Waals surface area (Å²) < 4.78 is 0. The van der Waals surface area contributed by atoms with Gasteiger partial charge in [0.25, 0.3) is 0 Å². The van der Waals surface area contributed by atoms with Gasteiger partial charge in [-0.25, -0.2) is 5.53 Å². The average molecular weight is 204 g/mol. The van der Waals surface area contributed by atoms with Crippen molar-refractivity contribution in [2.75, 3.05) is 0 Å². The highest BCUT2D eigenvalue weighted by Crippen LogP contribution is 2.05. The molecule has 0 saturated heterocycles. The van der Waals surface area contributed by atoms with Gasteiger partial charge < -0.3 is 0 Å². The monoisotopic (exact) mass is 204 g/mol. The molecular weight excluding hydrogens is 188 g/mol. The molecule has 80 valence electrons. The van der Waals surface area contributed by atoms with Gasteiger partial charge in [-0.2, -0.15) is 15.3 Å². The number of azo groups is 1. The quantitative estimate of drug-likeness (QED) is 0.510. The van der Waals surface area contributed by atoms with Crippen LogP contribution in [0.4, 0.5) is 0 Å². The third kappa shape index (κ3) is 6.26. The lowest BCUT2D eigenvalue weighted by Gasteiger charge is -1.91. The zero-order valence-electron chi connectivity index (χ0n) is 9.36. The van der Waals surface area contributed by atoms with Gasteiger partial charge in [-0.3, -0.25) is 0 Å². The number of nitrogens with zero attached hydrogens (tertiary/aromatic N) is 3. The molecule has 0 aliphatic rings. The maximum absolute atomic E-state index is 6.75. The van der Waals surface area contributed by atoms with Crippen LogP contribution < -0.4 is 0 Å². The third-order valence-electron chi connectivity index (χ3n) is 1.62. The highest BCUT2D eigenvalue weighted by Gasteiger charge is 1.87. The van der Waals surface area contributed by atoms with Gasteiger partial charge in [0.2, 0.25) is 0 Å². The van der Waals surface area contributed by atoms with Gasteiger partial charge in [-0.1, -0.05) is 12.7 Å². The number of hydrogen-bond donors (Lipinski definition) is 1. The van der Waals surface area contributed by atoms with Gasteiger partial charge in [0.15, 0.2) is 0 Å². The molecule has 0 aromatic rings. The van der Waals surface area contributed by atoms with E-state index in [-0.39, 0.29) is 0 Å². The van der Waals surface area contributed by atoms with Crippen molar-refractivity contribution in [2.24, 2.45) is 15.3 Å². The molecule has 0 spiro atoms.